The van der Waals surface area contributed by atoms with Gasteiger partial charge < -0.3 is 11.1 Å². The van der Waals surface area contributed by atoms with Crippen LogP contribution >= 0.6 is 11.6 Å². The summed E-state index contributed by atoms with van der Waals surface area (Å²) in [5.74, 6) is -3.29. The second-order valence-electron chi connectivity index (χ2n) is 3.71. The molecule has 1 heterocycles. The molecule has 1 aromatic heterocycles. The molecule has 4 nitrogen and oxygen atoms in total. The van der Waals surface area contributed by atoms with Crippen LogP contribution in [0.15, 0.2) is 12.1 Å². The Morgan fingerprint density at radius 2 is 1.74 bits per heavy atom. The van der Waals surface area contributed by atoms with E-state index in [2.05, 4.69) is 15.3 Å². The van der Waals surface area contributed by atoms with E-state index in [4.69, 9.17) is 17.3 Å². The second kappa shape index (κ2) is 4.93. The van der Waals surface area contributed by atoms with Crippen molar-refractivity contribution in [3.05, 3.63) is 40.6 Å². The van der Waals surface area contributed by atoms with Gasteiger partial charge in [0.25, 0.3) is 0 Å². The number of benzene rings is 1. The SMILES string of the molecule is Cc1nc(Cl)nc(Nc2c(F)cc(F)cc2F)c1N. The molecule has 8 heteroatoms. The molecule has 0 unspecified atom stereocenters. The quantitative estimate of drug-likeness (QED) is 0.833. The number of hydrogen-bond donors (Lipinski definition) is 2. The van der Waals surface area contributed by atoms with Gasteiger partial charge >= 0.3 is 0 Å². The van der Waals surface area contributed by atoms with Crippen LogP contribution in [0.1, 0.15) is 5.69 Å². The monoisotopic (exact) mass is 288 g/mol. The van der Waals surface area contributed by atoms with E-state index < -0.39 is 23.1 Å². The van der Waals surface area contributed by atoms with Gasteiger partial charge in [-0.1, -0.05) is 0 Å². The van der Waals surface area contributed by atoms with Gasteiger partial charge in [0.1, 0.15) is 11.5 Å². The lowest BCUT2D eigenvalue weighted by Crippen LogP contribution is -2.06. The third-order valence-electron chi connectivity index (χ3n) is 2.36. The molecule has 0 aliphatic heterocycles. The maximum atomic E-state index is 13.5. The fourth-order valence-electron chi connectivity index (χ4n) is 1.42. The summed E-state index contributed by atoms with van der Waals surface area (Å²) in [7, 11) is 0. The molecule has 0 radical (unpaired) electrons. The number of nitrogens with one attached hydrogen (secondary N) is 1. The smallest absolute Gasteiger partial charge is 0.224 e. The van der Waals surface area contributed by atoms with Crippen molar-refractivity contribution in [1.82, 2.24) is 9.97 Å². The zero-order valence-corrected chi connectivity index (χ0v) is 10.4. The minimum atomic E-state index is -1.11. The van der Waals surface area contributed by atoms with Gasteiger partial charge in [-0.05, 0) is 18.5 Å². The predicted molar refractivity (Wildman–Crippen MR) is 65.8 cm³/mol. The second-order valence-corrected chi connectivity index (χ2v) is 4.05. The normalized spacial score (nSPS) is 10.6. The van der Waals surface area contributed by atoms with Gasteiger partial charge in [-0.15, -0.1) is 0 Å². The summed E-state index contributed by atoms with van der Waals surface area (Å²) in [6.07, 6.45) is 0. The maximum absolute atomic E-state index is 13.5. The third kappa shape index (κ3) is 2.70. The number of hydrogen-bond acceptors (Lipinski definition) is 4. The Kier molecular flexibility index (Phi) is 3.48. The van der Waals surface area contributed by atoms with Gasteiger partial charge in [0.05, 0.1) is 11.4 Å². The van der Waals surface area contributed by atoms with Crippen molar-refractivity contribution in [2.75, 3.05) is 11.1 Å². The Balaban J connectivity index is 2.48. The highest BCUT2D eigenvalue weighted by Crippen LogP contribution is 2.28. The summed E-state index contributed by atoms with van der Waals surface area (Å²) in [6.45, 7) is 1.56. The van der Waals surface area contributed by atoms with E-state index in [0.717, 1.165) is 0 Å². The third-order valence-corrected chi connectivity index (χ3v) is 2.53. The molecular formula is C11H8ClF3N4. The lowest BCUT2D eigenvalue weighted by molar-refractivity contribution is 0.549. The molecule has 3 N–H and O–H groups in total. The molecule has 0 amide bonds. The molecule has 2 rings (SSSR count). The Hall–Kier alpha value is -2.02. The lowest BCUT2D eigenvalue weighted by Gasteiger charge is -2.11. The van der Waals surface area contributed by atoms with Gasteiger partial charge in [-0.3, -0.25) is 0 Å². The average Bonchev–Trinajstić information content (AvgIpc) is 2.29. The zero-order valence-electron chi connectivity index (χ0n) is 9.64. The van der Waals surface area contributed by atoms with Crippen LogP contribution < -0.4 is 11.1 Å². The van der Waals surface area contributed by atoms with E-state index in [1.54, 1.807) is 6.92 Å². The van der Waals surface area contributed by atoms with Crippen molar-refractivity contribution < 1.29 is 13.2 Å². The lowest BCUT2D eigenvalue weighted by atomic mass is 10.2. The summed E-state index contributed by atoms with van der Waals surface area (Å²) < 4.78 is 39.7. The van der Waals surface area contributed by atoms with Crippen LogP contribution in [0, 0.1) is 24.4 Å². The zero-order chi connectivity index (χ0) is 14.2. The summed E-state index contributed by atoms with van der Waals surface area (Å²) in [4.78, 5) is 7.50. The molecule has 2 aromatic rings. The first-order valence-corrected chi connectivity index (χ1v) is 5.47. The van der Waals surface area contributed by atoms with E-state index in [1.165, 1.54) is 0 Å². The Bertz CT molecular complexity index is 625. The molecule has 19 heavy (non-hydrogen) atoms. The summed E-state index contributed by atoms with van der Waals surface area (Å²) in [6, 6.07) is 1.08. The number of nitrogens with two attached hydrogens (primary N) is 1. The van der Waals surface area contributed by atoms with Crippen LogP contribution in [0.25, 0.3) is 0 Å². The fourth-order valence-corrected chi connectivity index (χ4v) is 1.63. The summed E-state index contributed by atoms with van der Waals surface area (Å²) in [5.41, 5.74) is 5.54. The van der Waals surface area contributed by atoms with Gasteiger partial charge in [0, 0.05) is 12.1 Å². The van der Waals surface area contributed by atoms with Crippen LogP contribution in [0.3, 0.4) is 0 Å². The Morgan fingerprint density at radius 3 is 2.32 bits per heavy atom. The van der Waals surface area contributed by atoms with E-state index in [-0.39, 0.29) is 16.8 Å². The minimum absolute atomic E-state index is 0.0538. The van der Waals surface area contributed by atoms with Crippen molar-refractivity contribution in [3.63, 3.8) is 0 Å². The van der Waals surface area contributed by atoms with Crippen LogP contribution in [-0.4, -0.2) is 9.97 Å². The fraction of sp³-hybridized carbons (Fsp3) is 0.0909. The molecule has 100 valence electrons. The molecule has 0 atom stereocenters. The van der Waals surface area contributed by atoms with Crippen molar-refractivity contribution in [1.29, 1.82) is 0 Å². The molecule has 0 fully saturated rings. The average molecular weight is 289 g/mol. The van der Waals surface area contributed by atoms with Crippen molar-refractivity contribution >= 4 is 28.8 Å². The van der Waals surface area contributed by atoms with Gasteiger partial charge in [-0.25, -0.2) is 18.2 Å². The van der Waals surface area contributed by atoms with Gasteiger partial charge in [0.2, 0.25) is 5.28 Å². The van der Waals surface area contributed by atoms with Crippen LogP contribution in [0.2, 0.25) is 5.28 Å². The minimum Gasteiger partial charge on any atom is -0.394 e. The van der Waals surface area contributed by atoms with Crippen LogP contribution in [0.5, 0.6) is 0 Å². The van der Waals surface area contributed by atoms with Crippen LogP contribution in [-0.2, 0) is 0 Å². The molecule has 0 bridgehead atoms. The number of rotatable bonds is 2. The largest absolute Gasteiger partial charge is 0.394 e. The Labute approximate surface area is 111 Å². The van der Waals surface area contributed by atoms with Crippen molar-refractivity contribution in [2.45, 2.75) is 6.92 Å². The number of aromatic nitrogens is 2. The van der Waals surface area contributed by atoms with E-state index in [9.17, 15) is 13.2 Å². The highest BCUT2D eigenvalue weighted by atomic mass is 35.5. The van der Waals surface area contributed by atoms with E-state index in [0.29, 0.717) is 17.8 Å². The topological polar surface area (TPSA) is 63.8 Å². The number of nitrogens with zero attached hydrogens (tertiary/aromatic N) is 2. The van der Waals surface area contributed by atoms with Gasteiger partial charge in [-0.2, -0.15) is 4.98 Å². The summed E-state index contributed by atoms with van der Waals surface area (Å²) >= 11 is 5.63. The highest BCUT2D eigenvalue weighted by molar-refractivity contribution is 6.28. The molecule has 0 aliphatic carbocycles. The molecule has 0 saturated carbocycles. The van der Waals surface area contributed by atoms with E-state index in [1.807, 2.05) is 0 Å². The van der Waals surface area contributed by atoms with Crippen molar-refractivity contribution in [3.8, 4) is 0 Å². The number of nitrogen functional groups attached to an aromatic ring is 1. The molecular weight excluding hydrogens is 281 g/mol. The standard InChI is InChI=1S/C11H8ClF3N4/c1-4-8(16)10(19-11(12)17-4)18-9-6(14)2-5(13)3-7(9)15/h2-3H,16H2,1H3,(H,17,18,19). The molecule has 0 saturated heterocycles. The first-order valence-electron chi connectivity index (χ1n) is 5.09. The first kappa shape index (κ1) is 13.4. The summed E-state index contributed by atoms with van der Waals surface area (Å²) in [5, 5.41) is 2.21. The van der Waals surface area contributed by atoms with Crippen LogP contribution in [0.4, 0.5) is 30.4 Å². The predicted octanol–water partition coefficient (Wildman–Crippen LogP) is 3.18. The van der Waals surface area contributed by atoms with Crippen molar-refractivity contribution in [2.24, 2.45) is 0 Å². The number of anilines is 3. The van der Waals surface area contributed by atoms with Gasteiger partial charge in [0.15, 0.2) is 17.5 Å². The Morgan fingerprint density at radius 1 is 1.16 bits per heavy atom. The van der Waals surface area contributed by atoms with E-state index >= 15 is 0 Å². The number of aryl methyl sites for hydroxylation is 1. The molecule has 0 spiro atoms. The molecule has 1 aromatic carbocycles. The molecule has 0 aliphatic rings. The highest BCUT2D eigenvalue weighted by Gasteiger charge is 2.15. The number of halogens is 4. The first-order chi connectivity index (χ1) is 8.88. The maximum Gasteiger partial charge on any atom is 0.224 e.